The van der Waals surface area contributed by atoms with E-state index < -0.39 is 0 Å². The third kappa shape index (κ3) is 5.73. The summed E-state index contributed by atoms with van der Waals surface area (Å²) in [5.74, 6) is -0.389. The molecule has 2 atom stereocenters. The van der Waals surface area contributed by atoms with Gasteiger partial charge in [0.25, 0.3) is 0 Å². The van der Waals surface area contributed by atoms with E-state index in [0.29, 0.717) is 19.4 Å². The first kappa shape index (κ1) is 14.9. The Labute approximate surface area is 97.3 Å². The predicted octanol–water partition coefficient (Wildman–Crippen LogP) is 2.31. The molecule has 4 nitrogen and oxygen atoms in total. The minimum Gasteiger partial charge on any atom is -0.465 e. The molecule has 0 aromatic carbocycles. The Morgan fingerprint density at radius 3 is 2.06 bits per heavy atom. The van der Waals surface area contributed by atoms with Crippen LogP contribution in [0.3, 0.4) is 0 Å². The Morgan fingerprint density at radius 1 is 1.06 bits per heavy atom. The molecule has 16 heavy (non-hydrogen) atoms. The molecule has 0 fully saturated rings. The fourth-order valence-electron chi connectivity index (χ4n) is 1.29. The Morgan fingerprint density at radius 2 is 1.62 bits per heavy atom. The van der Waals surface area contributed by atoms with Crippen molar-refractivity contribution in [2.24, 2.45) is 5.92 Å². The van der Waals surface area contributed by atoms with Crippen LogP contribution in [0.4, 0.5) is 0 Å². The molecule has 0 saturated heterocycles. The van der Waals surface area contributed by atoms with Crippen molar-refractivity contribution in [3.8, 4) is 0 Å². The third-order valence-corrected chi connectivity index (χ3v) is 2.40. The van der Waals surface area contributed by atoms with Gasteiger partial charge in [-0.3, -0.25) is 9.59 Å². The second kappa shape index (κ2) is 8.13. The van der Waals surface area contributed by atoms with Crippen LogP contribution in [0.2, 0.25) is 0 Å². The van der Waals surface area contributed by atoms with E-state index in [1.807, 2.05) is 13.8 Å². The van der Waals surface area contributed by atoms with Gasteiger partial charge < -0.3 is 9.47 Å². The molecular formula is C12H22O4. The Bertz CT molecular complexity index is 225. The molecule has 0 saturated carbocycles. The van der Waals surface area contributed by atoms with Gasteiger partial charge in [-0.1, -0.05) is 27.7 Å². The number of carbonyl (C=O) groups is 2. The third-order valence-electron chi connectivity index (χ3n) is 2.40. The Balaban J connectivity index is 4.04. The molecular weight excluding hydrogens is 208 g/mol. The lowest BCUT2D eigenvalue weighted by molar-refractivity contribution is -0.154. The first-order valence-corrected chi connectivity index (χ1v) is 5.90. The summed E-state index contributed by atoms with van der Waals surface area (Å²) in [5.41, 5.74) is 0. The smallest absolute Gasteiger partial charge is 0.305 e. The molecule has 0 aliphatic rings. The lowest BCUT2D eigenvalue weighted by atomic mass is 10.0. The van der Waals surface area contributed by atoms with Gasteiger partial charge in [0.2, 0.25) is 0 Å². The summed E-state index contributed by atoms with van der Waals surface area (Å²) in [4.78, 5) is 22.1. The molecule has 0 heterocycles. The minimum atomic E-state index is -0.219. The second-order valence-corrected chi connectivity index (χ2v) is 3.80. The van der Waals surface area contributed by atoms with Crippen molar-refractivity contribution in [1.82, 2.24) is 0 Å². The van der Waals surface area contributed by atoms with Gasteiger partial charge in [0.1, 0.15) is 6.10 Å². The van der Waals surface area contributed by atoms with Crippen molar-refractivity contribution in [3.05, 3.63) is 0 Å². The molecule has 0 spiro atoms. The highest BCUT2D eigenvalue weighted by Crippen LogP contribution is 2.13. The van der Waals surface area contributed by atoms with Crippen LogP contribution in [-0.4, -0.2) is 24.6 Å². The van der Waals surface area contributed by atoms with E-state index in [1.54, 1.807) is 13.8 Å². The molecule has 0 aliphatic carbocycles. The molecule has 4 heteroatoms. The summed E-state index contributed by atoms with van der Waals surface area (Å²) < 4.78 is 10.3. The van der Waals surface area contributed by atoms with Crippen LogP contribution in [0, 0.1) is 5.92 Å². The van der Waals surface area contributed by atoms with Crippen molar-refractivity contribution in [3.63, 3.8) is 0 Å². The number of ether oxygens (including phenoxy) is 2. The fraction of sp³-hybridized carbons (Fsp3) is 0.833. The summed E-state index contributed by atoms with van der Waals surface area (Å²) in [6.07, 6.45) is 1.31. The van der Waals surface area contributed by atoms with Gasteiger partial charge in [-0.25, -0.2) is 0 Å². The lowest BCUT2D eigenvalue weighted by Crippen LogP contribution is -2.28. The largest absolute Gasteiger partial charge is 0.465 e. The summed E-state index contributed by atoms with van der Waals surface area (Å²) >= 11 is 0. The lowest BCUT2D eigenvalue weighted by Gasteiger charge is -2.22. The maximum Gasteiger partial charge on any atom is 0.305 e. The van der Waals surface area contributed by atoms with Crippen LogP contribution in [0.5, 0.6) is 0 Å². The highest BCUT2D eigenvalue weighted by Gasteiger charge is 2.20. The summed E-state index contributed by atoms with van der Waals surface area (Å²) in [7, 11) is 0. The zero-order valence-electron chi connectivity index (χ0n) is 10.6. The standard InChI is InChI=1S/C12H22O4/c1-5-10(16-12(14)7-3)9(4)8-15-11(13)6-2/h9-10H,5-8H2,1-4H3. The SMILES string of the molecule is CCC(=O)OCC(C)C(CC)OC(=O)CC. The van der Waals surface area contributed by atoms with E-state index in [1.165, 1.54) is 0 Å². The zero-order valence-corrected chi connectivity index (χ0v) is 10.6. The van der Waals surface area contributed by atoms with Crippen molar-refractivity contribution < 1.29 is 19.1 Å². The number of hydrogen-bond acceptors (Lipinski definition) is 4. The molecule has 94 valence electrons. The van der Waals surface area contributed by atoms with Crippen LogP contribution in [0.1, 0.15) is 47.0 Å². The number of carbonyl (C=O) groups excluding carboxylic acids is 2. The normalized spacial score (nSPS) is 14.0. The number of rotatable bonds is 7. The van der Waals surface area contributed by atoms with Gasteiger partial charge in [-0.15, -0.1) is 0 Å². The zero-order chi connectivity index (χ0) is 12.6. The van der Waals surface area contributed by atoms with Crippen LogP contribution in [-0.2, 0) is 19.1 Å². The van der Waals surface area contributed by atoms with Crippen molar-refractivity contribution in [1.29, 1.82) is 0 Å². The summed E-state index contributed by atoms with van der Waals surface area (Å²) in [5, 5.41) is 0. The van der Waals surface area contributed by atoms with Crippen molar-refractivity contribution in [2.45, 2.75) is 53.1 Å². The molecule has 2 unspecified atom stereocenters. The van der Waals surface area contributed by atoms with Crippen LogP contribution < -0.4 is 0 Å². The van der Waals surface area contributed by atoms with Gasteiger partial charge in [-0.2, -0.15) is 0 Å². The van der Waals surface area contributed by atoms with Crippen LogP contribution >= 0.6 is 0 Å². The van der Waals surface area contributed by atoms with E-state index in [9.17, 15) is 9.59 Å². The molecule has 0 aromatic rings. The molecule has 0 bridgehead atoms. The highest BCUT2D eigenvalue weighted by atomic mass is 16.6. The van der Waals surface area contributed by atoms with E-state index in [4.69, 9.17) is 9.47 Å². The highest BCUT2D eigenvalue weighted by molar-refractivity contribution is 5.69. The van der Waals surface area contributed by atoms with Gasteiger partial charge in [0.15, 0.2) is 0 Å². The number of hydrogen-bond donors (Lipinski definition) is 0. The van der Waals surface area contributed by atoms with Crippen LogP contribution in [0.15, 0.2) is 0 Å². The molecule has 0 radical (unpaired) electrons. The topological polar surface area (TPSA) is 52.6 Å². The predicted molar refractivity (Wildman–Crippen MR) is 60.9 cm³/mol. The van der Waals surface area contributed by atoms with E-state index in [0.717, 1.165) is 6.42 Å². The van der Waals surface area contributed by atoms with Crippen molar-refractivity contribution >= 4 is 11.9 Å². The first-order valence-electron chi connectivity index (χ1n) is 5.90. The van der Waals surface area contributed by atoms with E-state index >= 15 is 0 Å². The van der Waals surface area contributed by atoms with Gasteiger partial charge >= 0.3 is 11.9 Å². The second-order valence-electron chi connectivity index (χ2n) is 3.80. The van der Waals surface area contributed by atoms with Gasteiger partial charge in [-0.05, 0) is 6.42 Å². The maximum atomic E-state index is 11.1. The van der Waals surface area contributed by atoms with Gasteiger partial charge in [0.05, 0.1) is 6.61 Å². The average molecular weight is 230 g/mol. The Hall–Kier alpha value is -1.06. The fourth-order valence-corrected chi connectivity index (χ4v) is 1.29. The van der Waals surface area contributed by atoms with Crippen molar-refractivity contribution in [2.75, 3.05) is 6.61 Å². The average Bonchev–Trinajstić information content (AvgIpc) is 2.31. The molecule has 0 rings (SSSR count). The Kier molecular flexibility index (Phi) is 7.60. The van der Waals surface area contributed by atoms with E-state index in [2.05, 4.69) is 0 Å². The molecule has 0 aromatic heterocycles. The van der Waals surface area contributed by atoms with E-state index in [-0.39, 0.29) is 24.0 Å². The summed E-state index contributed by atoms with van der Waals surface area (Å²) in [6.45, 7) is 7.69. The monoisotopic (exact) mass is 230 g/mol. The molecule has 0 amide bonds. The van der Waals surface area contributed by atoms with Crippen LogP contribution in [0.25, 0.3) is 0 Å². The quantitative estimate of drug-likeness (QED) is 0.630. The molecule has 0 N–H and O–H groups in total. The summed E-state index contributed by atoms with van der Waals surface area (Å²) in [6, 6.07) is 0. The minimum absolute atomic E-state index is 0.0380. The maximum absolute atomic E-state index is 11.1. The van der Waals surface area contributed by atoms with Gasteiger partial charge in [0, 0.05) is 18.8 Å². The number of esters is 2. The molecule has 0 aliphatic heterocycles. The first-order chi connectivity index (χ1) is 7.54.